The van der Waals surface area contributed by atoms with Crippen LogP contribution < -0.4 is 9.64 Å². The molecule has 3 heteroatoms. The Balaban J connectivity index is 0.000000313. The molecular weight excluding hydrogens is 374 g/mol. The predicted molar refractivity (Wildman–Crippen MR) is 130 cm³/mol. The van der Waals surface area contributed by atoms with Gasteiger partial charge in [-0.3, -0.25) is 0 Å². The van der Waals surface area contributed by atoms with Crippen LogP contribution in [-0.4, -0.2) is 13.1 Å². The average Bonchev–Trinajstić information content (AvgIpc) is 2.70. The second kappa shape index (κ2) is 10.4. The summed E-state index contributed by atoms with van der Waals surface area (Å²) in [5.74, 6) is 1.63. The molecule has 0 spiro atoms. The summed E-state index contributed by atoms with van der Waals surface area (Å²) in [4.78, 5) is 3.37. The minimum absolute atomic E-state index is 0.734. The number of benzene rings is 2. The number of aryl methyl sites for hydroxylation is 1. The number of thiol groups is 1. The van der Waals surface area contributed by atoms with Crippen LogP contribution in [0, 0.1) is 6.92 Å². The van der Waals surface area contributed by atoms with E-state index in [1.54, 1.807) is 0 Å². The molecule has 0 aliphatic carbocycles. The van der Waals surface area contributed by atoms with E-state index in [0.717, 1.165) is 40.6 Å². The molecule has 2 aromatic rings. The highest BCUT2D eigenvalue weighted by molar-refractivity contribution is 7.80. The molecule has 0 aromatic heterocycles. The van der Waals surface area contributed by atoms with Crippen molar-refractivity contribution in [3.8, 4) is 5.75 Å². The lowest BCUT2D eigenvalue weighted by atomic mass is 9.97. The quantitative estimate of drug-likeness (QED) is 0.528. The lowest BCUT2D eigenvalue weighted by Crippen LogP contribution is -2.21. The standard InChI is InChI=1S/C19H25NO.C7H8S/c1-7-20(8-2)17-10-9-16-11-18(14(5)13(3)4)15(6)21-19(16)12-17;1-6-4-2-3-5-7(6)8/h9-12H,6-8H2,1-5H3;2-5,8H,1H3. The van der Waals surface area contributed by atoms with Crippen LogP contribution in [0.5, 0.6) is 5.75 Å². The molecule has 3 rings (SSSR count). The molecule has 0 amide bonds. The zero-order chi connectivity index (χ0) is 21.6. The first kappa shape index (κ1) is 22.9. The maximum atomic E-state index is 5.97. The fourth-order valence-corrected chi connectivity index (χ4v) is 3.25. The number of hydrogen-bond donors (Lipinski definition) is 1. The minimum atomic E-state index is 0.734. The van der Waals surface area contributed by atoms with E-state index in [0.29, 0.717) is 0 Å². The average molecular weight is 408 g/mol. The molecule has 0 radical (unpaired) electrons. The fourth-order valence-electron chi connectivity index (χ4n) is 3.09. The molecule has 1 heterocycles. The minimum Gasteiger partial charge on any atom is -0.457 e. The van der Waals surface area contributed by atoms with E-state index in [-0.39, 0.29) is 0 Å². The van der Waals surface area contributed by atoms with Gasteiger partial charge in [-0.25, -0.2) is 0 Å². The number of ether oxygens (including phenoxy) is 1. The summed E-state index contributed by atoms with van der Waals surface area (Å²) >= 11 is 4.20. The van der Waals surface area contributed by atoms with Gasteiger partial charge in [0.05, 0.1) is 0 Å². The Morgan fingerprint density at radius 1 is 1.03 bits per heavy atom. The number of hydrogen-bond acceptors (Lipinski definition) is 3. The van der Waals surface area contributed by atoms with E-state index >= 15 is 0 Å². The first-order chi connectivity index (χ1) is 13.8. The van der Waals surface area contributed by atoms with Crippen molar-refractivity contribution in [3.63, 3.8) is 0 Å². The van der Waals surface area contributed by atoms with Gasteiger partial charge < -0.3 is 9.64 Å². The predicted octanol–water partition coefficient (Wildman–Crippen LogP) is 7.46. The summed E-state index contributed by atoms with van der Waals surface area (Å²) in [6.45, 7) is 18.8. The summed E-state index contributed by atoms with van der Waals surface area (Å²) in [6.07, 6.45) is 2.18. The van der Waals surface area contributed by atoms with Gasteiger partial charge in [-0.05, 0) is 77.0 Å². The lowest BCUT2D eigenvalue weighted by molar-refractivity contribution is 0.435. The molecule has 0 fully saturated rings. The Hall–Kier alpha value is -2.39. The highest BCUT2D eigenvalue weighted by Crippen LogP contribution is 2.37. The van der Waals surface area contributed by atoms with Crippen molar-refractivity contribution in [1.29, 1.82) is 0 Å². The SMILES string of the molecule is C=C1Oc2cc(N(CC)CC)ccc2C=C1C(C)=C(C)C.Cc1ccccc1S. The van der Waals surface area contributed by atoms with Gasteiger partial charge in [0.25, 0.3) is 0 Å². The third-order valence-electron chi connectivity index (χ3n) is 5.23. The van der Waals surface area contributed by atoms with Gasteiger partial charge in [0.1, 0.15) is 11.5 Å². The summed E-state index contributed by atoms with van der Waals surface area (Å²) < 4.78 is 5.97. The third kappa shape index (κ3) is 5.80. The molecule has 0 saturated heterocycles. The van der Waals surface area contributed by atoms with E-state index in [1.807, 2.05) is 31.2 Å². The Morgan fingerprint density at radius 3 is 2.21 bits per heavy atom. The number of fused-ring (bicyclic) bond motifs is 1. The zero-order valence-electron chi connectivity index (χ0n) is 18.5. The summed E-state index contributed by atoms with van der Waals surface area (Å²) in [7, 11) is 0. The molecule has 154 valence electrons. The molecule has 1 aliphatic heterocycles. The Labute approximate surface area is 182 Å². The second-order valence-electron chi connectivity index (χ2n) is 7.39. The van der Waals surface area contributed by atoms with Crippen molar-refractivity contribution in [2.24, 2.45) is 0 Å². The van der Waals surface area contributed by atoms with E-state index < -0.39 is 0 Å². The van der Waals surface area contributed by atoms with Crippen LogP contribution in [0.3, 0.4) is 0 Å². The largest absolute Gasteiger partial charge is 0.457 e. The molecule has 1 aliphatic rings. The number of anilines is 1. The van der Waals surface area contributed by atoms with Crippen LogP contribution in [0.4, 0.5) is 5.69 Å². The molecular formula is C26H33NOS. The van der Waals surface area contributed by atoms with Gasteiger partial charge in [0.2, 0.25) is 0 Å². The highest BCUT2D eigenvalue weighted by atomic mass is 32.1. The Kier molecular flexibility index (Phi) is 8.21. The van der Waals surface area contributed by atoms with Crippen molar-refractivity contribution >= 4 is 24.4 Å². The summed E-state index contributed by atoms with van der Waals surface area (Å²) in [5.41, 5.74) is 7.16. The maximum Gasteiger partial charge on any atom is 0.136 e. The van der Waals surface area contributed by atoms with Crippen molar-refractivity contribution in [2.45, 2.75) is 46.4 Å². The molecule has 0 bridgehead atoms. The van der Waals surface area contributed by atoms with Gasteiger partial charge in [-0.2, -0.15) is 0 Å². The Morgan fingerprint density at radius 2 is 1.69 bits per heavy atom. The van der Waals surface area contributed by atoms with E-state index in [2.05, 4.69) is 83.0 Å². The summed E-state index contributed by atoms with van der Waals surface area (Å²) in [5, 5.41) is 0. The van der Waals surface area contributed by atoms with E-state index in [1.165, 1.54) is 22.4 Å². The smallest absolute Gasteiger partial charge is 0.136 e. The Bertz CT molecular complexity index is 910. The third-order valence-corrected chi connectivity index (χ3v) is 5.73. The van der Waals surface area contributed by atoms with E-state index in [4.69, 9.17) is 4.74 Å². The second-order valence-corrected chi connectivity index (χ2v) is 7.87. The number of allylic oxidation sites excluding steroid dienone is 2. The maximum absolute atomic E-state index is 5.97. The van der Waals surface area contributed by atoms with Gasteiger partial charge in [-0.1, -0.05) is 30.4 Å². The zero-order valence-corrected chi connectivity index (χ0v) is 19.4. The molecule has 0 N–H and O–H groups in total. The van der Waals surface area contributed by atoms with E-state index in [9.17, 15) is 0 Å². The van der Waals surface area contributed by atoms with Crippen LogP contribution >= 0.6 is 12.6 Å². The monoisotopic (exact) mass is 407 g/mol. The lowest BCUT2D eigenvalue weighted by Gasteiger charge is -2.25. The van der Waals surface area contributed by atoms with Crippen LogP contribution in [0.2, 0.25) is 0 Å². The molecule has 2 aromatic carbocycles. The van der Waals surface area contributed by atoms with Crippen LogP contribution in [-0.2, 0) is 0 Å². The van der Waals surface area contributed by atoms with Gasteiger partial charge in [-0.15, -0.1) is 12.6 Å². The first-order valence-electron chi connectivity index (χ1n) is 10.1. The summed E-state index contributed by atoms with van der Waals surface area (Å²) in [6, 6.07) is 14.4. The molecule has 0 saturated carbocycles. The van der Waals surface area contributed by atoms with Gasteiger partial charge in [0, 0.05) is 40.9 Å². The van der Waals surface area contributed by atoms with Crippen molar-refractivity contribution in [3.05, 3.63) is 82.6 Å². The first-order valence-corrected chi connectivity index (χ1v) is 10.6. The van der Waals surface area contributed by atoms with Crippen molar-refractivity contribution in [2.75, 3.05) is 18.0 Å². The highest BCUT2D eigenvalue weighted by Gasteiger charge is 2.18. The fraction of sp³-hybridized carbons (Fsp3) is 0.308. The van der Waals surface area contributed by atoms with Crippen molar-refractivity contribution in [1.82, 2.24) is 0 Å². The van der Waals surface area contributed by atoms with Crippen LogP contribution in [0.15, 0.2) is 76.4 Å². The van der Waals surface area contributed by atoms with Gasteiger partial charge >= 0.3 is 0 Å². The molecule has 2 nitrogen and oxygen atoms in total. The van der Waals surface area contributed by atoms with Crippen LogP contribution in [0.1, 0.15) is 45.7 Å². The van der Waals surface area contributed by atoms with Crippen LogP contribution in [0.25, 0.3) is 6.08 Å². The normalized spacial score (nSPS) is 12.1. The molecule has 29 heavy (non-hydrogen) atoms. The van der Waals surface area contributed by atoms with Gasteiger partial charge in [0.15, 0.2) is 0 Å². The molecule has 0 atom stereocenters. The topological polar surface area (TPSA) is 12.5 Å². The molecule has 0 unspecified atom stereocenters. The number of nitrogens with zero attached hydrogens (tertiary/aromatic N) is 1. The number of rotatable bonds is 4. The van der Waals surface area contributed by atoms with Crippen molar-refractivity contribution < 1.29 is 4.74 Å².